The second kappa shape index (κ2) is 8.09. The van der Waals surface area contributed by atoms with Gasteiger partial charge in [0.1, 0.15) is 5.75 Å². The molecular formula is C20H17N3O4. The SMILES string of the molecule is C[C@@H](Oc1cccc2ccccc12)C(=O)N/N=C\c1ccc([N+](=O)[O-])cc1. The third kappa shape index (κ3) is 4.46. The van der Waals surface area contributed by atoms with Crippen molar-refractivity contribution in [2.24, 2.45) is 5.10 Å². The van der Waals surface area contributed by atoms with Crippen molar-refractivity contribution in [3.63, 3.8) is 0 Å². The third-order valence-electron chi connectivity index (χ3n) is 3.91. The van der Waals surface area contributed by atoms with E-state index in [1.165, 1.54) is 18.3 Å². The van der Waals surface area contributed by atoms with Crippen LogP contribution < -0.4 is 10.2 Å². The van der Waals surface area contributed by atoms with Crippen molar-refractivity contribution in [2.75, 3.05) is 0 Å². The fourth-order valence-corrected chi connectivity index (χ4v) is 2.49. The highest BCUT2D eigenvalue weighted by atomic mass is 16.6. The molecule has 0 saturated heterocycles. The molecule has 0 unspecified atom stereocenters. The summed E-state index contributed by atoms with van der Waals surface area (Å²) >= 11 is 0. The number of hydrazone groups is 1. The monoisotopic (exact) mass is 363 g/mol. The van der Waals surface area contributed by atoms with E-state index in [0.717, 1.165) is 10.8 Å². The number of fused-ring (bicyclic) bond motifs is 1. The number of hydrogen-bond acceptors (Lipinski definition) is 5. The first-order valence-electron chi connectivity index (χ1n) is 8.26. The van der Waals surface area contributed by atoms with Gasteiger partial charge >= 0.3 is 0 Å². The van der Waals surface area contributed by atoms with E-state index in [1.54, 1.807) is 19.1 Å². The Morgan fingerprint density at radius 1 is 1.11 bits per heavy atom. The fourth-order valence-electron chi connectivity index (χ4n) is 2.49. The lowest BCUT2D eigenvalue weighted by Crippen LogP contribution is -2.33. The lowest BCUT2D eigenvalue weighted by atomic mass is 10.1. The van der Waals surface area contributed by atoms with Gasteiger partial charge in [0.05, 0.1) is 11.1 Å². The summed E-state index contributed by atoms with van der Waals surface area (Å²) in [6.07, 6.45) is 0.663. The molecule has 0 fully saturated rings. The van der Waals surface area contributed by atoms with Gasteiger partial charge in [-0.05, 0) is 36.1 Å². The summed E-state index contributed by atoms with van der Waals surface area (Å²) < 4.78 is 5.77. The molecule has 0 radical (unpaired) electrons. The zero-order valence-corrected chi connectivity index (χ0v) is 14.5. The van der Waals surface area contributed by atoms with Gasteiger partial charge in [0.15, 0.2) is 6.10 Å². The maximum absolute atomic E-state index is 12.2. The Hall–Kier alpha value is -3.74. The van der Waals surface area contributed by atoms with E-state index in [-0.39, 0.29) is 5.69 Å². The first-order valence-corrected chi connectivity index (χ1v) is 8.26. The molecule has 0 bridgehead atoms. The van der Waals surface area contributed by atoms with Gasteiger partial charge in [-0.3, -0.25) is 14.9 Å². The Balaban J connectivity index is 1.61. The van der Waals surface area contributed by atoms with E-state index in [1.807, 2.05) is 42.5 Å². The molecule has 0 aliphatic heterocycles. The van der Waals surface area contributed by atoms with E-state index in [2.05, 4.69) is 10.5 Å². The highest BCUT2D eigenvalue weighted by molar-refractivity contribution is 5.89. The number of nitro benzene ring substituents is 1. The number of ether oxygens (including phenoxy) is 1. The van der Waals surface area contributed by atoms with Gasteiger partial charge in [0, 0.05) is 17.5 Å². The van der Waals surface area contributed by atoms with Gasteiger partial charge < -0.3 is 4.74 Å². The Kier molecular flexibility index (Phi) is 5.41. The van der Waals surface area contributed by atoms with E-state index < -0.39 is 16.9 Å². The molecule has 0 aliphatic rings. The Labute approximate surface area is 155 Å². The average Bonchev–Trinajstić information content (AvgIpc) is 2.68. The summed E-state index contributed by atoms with van der Waals surface area (Å²) in [6.45, 7) is 1.64. The second-order valence-electron chi connectivity index (χ2n) is 5.82. The van der Waals surface area contributed by atoms with Crippen LogP contribution in [0, 0.1) is 10.1 Å². The van der Waals surface area contributed by atoms with E-state index in [4.69, 9.17) is 4.74 Å². The summed E-state index contributed by atoms with van der Waals surface area (Å²) in [5.74, 6) is 0.219. The highest BCUT2D eigenvalue weighted by Gasteiger charge is 2.15. The first kappa shape index (κ1) is 18.1. The molecule has 1 atom stereocenters. The number of hydrogen-bond donors (Lipinski definition) is 1. The Morgan fingerprint density at radius 2 is 1.81 bits per heavy atom. The van der Waals surface area contributed by atoms with E-state index >= 15 is 0 Å². The van der Waals surface area contributed by atoms with Crippen LogP contribution >= 0.6 is 0 Å². The van der Waals surface area contributed by atoms with Crippen LogP contribution in [0.4, 0.5) is 5.69 Å². The molecule has 0 spiro atoms. The average molecular weight is 363 g/mol. The first-order chi connectivity index (χ1) is 13.0. The molecule has 3 aromatic carbocycles. The molecule has 0 saturated carbocycles. The van der Waals surface area contributed by atoms with Crippen LogP contribution in [0.5, 0.6) is 5.75 Å². The molecule has 7 nitrogen and oxygen atoms in total. The molecule has 7 heteroatoms. The van der Waals surface area contributed by atoms with Gasteiger partial charge in [-0.2, -0.15) is 5.10 Å². The number of carbonyl (C=O) groups excluding carboxylic acids is 1. The molecular weight excluding hydrogens is 346 g/mol. The van der Waals surface area contributed by atoms with Crippen molar-refractivity contribution in [1.29, 1.82) is 0 Å². The van der Waals surface area contributed by atoms with Gasteiger partial charge in [0.25, 0.3) is 11.6 Å². The maximum Gasteiger partial charge on any atom is 0.280 e. The highest BCUT2D eigenvalue weighted by Crippen LogP contribution is 2.26. The zero-order chi connectivity index (χ0) is 19.2. The van der Waals surface area contributed by atoms with Crippen LogP contribution in [0.25, 0.3) is 10.8 Å². The van der Waals surface area contributed by atoms with Crippen LogP contribution in [0.1, 0.15) is 12.5 Å². The molecule has 136 valence electrons. The van der Waals surface area contributed by atoms with Crippen molar-refractivity contribution in [1.82, 2.24) is 5.43 Å². The second-order valence-corrected chi connectivity index (χ2v) is 5.82. The summed E-state index contributed by atoms with van der Waals surface area (Å²) in [4.78, 5) is 22.3. The lowest BCUT2D eigenvalue weighted by Gasteiger charge is -2.14. The quantitative estimate of drug-likeness (QED) is 0.411. The number of nitro groups is 1. The Morgan fingerprint density at radius 3 is 2.56 bits per heavy atom. The van der Waals surface area contributed by atoms with Crippen molar-refractivity contribution in [3.05, 3.63) is 82.4 Å². The van der Waals surface area contributed by atoms with Crippen molar-refractivity contribution in [2.45, 2.75) is 13.0 Å². The molecule has 0 aromatic heterocycles. The standard InChI is InChI=1S/C20H17N3O4/c1-14(27-19-8-4-6-16-5-2-3-7-18(16)19)20(24)22-21-13-15-9-11-17(12-10-15)23(25)26/h2-14H,1H3,(H,22,24)/b21-13-/t14-/m1/s1. The molecule has 1 amide bonds. The lowest BCUT2D eigenvalue weighted by molar-refractivity contribution is -0.384. The van der Waals surface area contributed by atoms with Crippen LogP contribution in [-0.2, 0) is 4.79 Å². The van der Waals surface area contributed by atoms with Crippen molar-refractivity contribution in [3.8, 4) is 5.75 Å². The van der Waals surface area contributed by atoms with Crippen LogP contribution in [0.15, 0.2) is 71.8 Å². The zero-order valence-electron chi connectivity index (χ0n) is 14.5. The molecule has 3 rings (SSSR count). The van der Waals surface area contributed by atoms with Crippen molar-refractivity contribution < 1.29 is 14.5 Å². The largest absolute Gasteiger partial charge is 0.480 e. The third-order valence-corrected chi connectivity index (χ3v) is 3.91. The van der Waals surface area contributed by atoms with Gasteiger partial charge in [-0.1, -0.05) is 36.4 Å². The van der Waals surface area contributed by atoms with E-state index in [0.29, 0.717) is 11.3 Å². The minimum absolute atomic E-state index is 0.00621. The summed E-state index contributed by atoms with van der Waals surface area (Å²) in [6, 6.07) is 19.2. The number of carbonyl (C=O) groups is 1. The summed E-state index contributed by atoms with van der Waals surface area (Å²) in [5, 5.41) is 16.4. The van der Waals surface area contributed by atoms with Gasteiger partial charge in [-0.15, -0.1) is 0 Å². The van der Waals surface area contributed by atoms with Crippen LogP contribution in [0.3, 0.4) is 0 Å². The predicted molar refractivity (Wildman–Crippen MR) is 103 cm³/mol. The number of rotatable bonds is 6. The minimum atomic E-state index is -0.746. The minimum Gasteiger partial charge on any atom is -0.480 e. The number of amides is 1. The molecule has 0 aliphatic carbocycles. The topological polar surface area (TPSA) is 93.8 Å². The molecule has 1 N–H and O–H groups in total. The number of nitrogens with one attached hydrogen (secondary N) is 1. The van der Waals surface area contributed by atoms with Gasteiger partial charge in [-0.25, -0.2) is 5.43 Å². The molecule has 27 heavy (non-hydrogen) atoms. The summed E-state index contributed by atoms with van der Waals surface area (Å²) in [5.41, 5.74) is 3.03. The molecule has 0 heterocycles. The van der Waals surface area contributed by atoms with Crippen molar-refractivity contribution >= 4 is 28.6 Å². The predicted octanol–water partition coefficient (Wildman–Crippen LogP) is 3.67. The maximum atomic E-state index is 12.2. The number of non-ortho nitro benzene ring substituents is 1. The van der Waals surface area contributed by atoms with Crippen LogP contribution in [-0.4, -0.2) is 23.1 Å². The smallest absolute Gasteiger partial charge is 0.280 e. The summed E-state index contributed by atoms with van der Waals surface area (Å²) in [7, 11) is 0. The normalized spacial score (nSPS) is 12.0. The Bertz CT molecular complexity index is 994. The van der Waals surface area contributed by atoms with E-state index in [9.17, 15) is 14.9 Å². The number of benzene rings is 3. The van der Waals surface area contributed by atoms with Gasteiger partial charge in [0.2, 0.25) is 0 Å². The molecule has 3 aromatic rings. The fraction of sp³-hybridized carbons (Fsp3) is 0.100. The van der Waals surface area contributed by atoms with Crippen LogP contribution in [0.2, 0.25) is 0 Å². The number of nitrogens with zero attached hydrogens (tertiary/aromatic N) is 2.